The maximum Gasteiger partial charge on any atom is 0.176 e. The molecule has 0 spiro atoms. The third-order valence-corrected chi connectivity index (χ3v) is 4.42. The Kier molecular flexibility index (Phi) is 4.38. The van der Waals surface area contributed by atoms with Gasteiger partial charge in [0.2, 0.25) is 0 Å². The number of aliphatic hydroxyl groups is 1. The van der Waals surface area contributed by atoms with Crippen LogP contribution in [0.25, 0.3) is 0 Å². The smallest absolute Gasteiger partial charge is 0.176 e. The lowest BCUT2D eigenvalue weighted by molar-refractivity contribution is 0.145. The Balaban J connectivity index is 1.88. The van der Waals surface area contributed by atoms with Gasteiger partial charge in [0, 0.05) is 42.5 Å². The Morgan fingerprint density at radius 1 is 1.13 bits per heavy atom. The third-order valence-electron chi connectivity index (χ3n) is 4.42. The van der Waals surface area contributed by atoms with Gasteiger partial charge in [-0.25, -0.2) is 0 Å². The molecule has 0 bridgehead atoms. The van der Waals surface area contributed by atoms with Crippen LogP contribution in [-0.4, -0.2) is 30.8 Å². The van der Waals surface area contributed by atoms with Crippen molar-refractivity contribution in [3.8, 4) is 12.3 Å². The predicted octanol–water partition coefficient (Wildman–Crippen LogP) is 2.35. The van der Waals surface area contributed by atoms with Gasteiger partial charge in [0.1, 0.15) is 0 Å². The molecule has 23 heavy (non-hydrogen) atoms. The Morgan fingerprint density at radius 3 is 2.39 bits per heavy atom. The number of rotatable bonds is 3. The molecule has 0 aromatic heterocycles. The molecule has 2 unspecified atom stereocenters. The standard InChI is InChI=1S/C20H22N2O/c1-3-20(23,17-7-5-4-6-8-17)18-9-11-19(12-10-18)22-14-13-21-16(2)15-22/h1,4-12,16,21,23H,13-15H2,2H3. The molecule has 1 aliphatic rings. The van der Waals surface area contributed by atoms with E-state index in [1.165, 1.54) is 0 Å². The SMILES string of the molecule is C#CC(O)(c1ccccc1)c1ccc(N2CCNC(C)C2)cc1. The lowest BCUT2D eigenvalue weighted by Crippen LogP contribution is -2.49. The van der Waals surface area contributed by atoms with Crippen molar-refractivity contribution in [2.45, 2.75) is 18.6 Å². The molecule has 2 N–H and O–H groups in total. The van der Waals surface area contributed by atoms with E-state index >= 15 is 0 Å². The Morgan fingerprint density at radius 2 is 1.78 bits per heavy atom. The zero-order valence-electron chi connectivity index (χ0n) is 13.4. The molecule has 0 radical (unpaired) electrons. The fraction of sp³-hybridized carbons (Fsp3) is 0.300. The molecule has 1 heterocycles. The Bertz CT molecular complexity index is 690. The summed E-state index contributed by atoms with van der Waals surface area (Å²) in [5.41, 5.74) is 1.20. The average molecular weight is 306 g/mol. The first-order valence-electron chi connectivity index (χ1n) is 7.98. The second kappa shape index (κ2) is 6.45. The molecule has 2 atom stereocenters. The van der Waals surface area contributed by atoms with Crippen molar-refractivity contribution in [3.63, 3.8) is 0 Å². The van der Waals surface area contributed by atoms with Crippen molar-refractivity contribution >= 4 is 5.69 Å². The molecule has 0 aliphatic carbocycles. The van der Waals surface area contributed by atoms with E-state index in [1.54, 1.807) is 0 Å². The van der Waals surface area contributed by atoms with Gasteiger partial charge in [0.15, 0.2) is 5.60 Å². The summed E-state index contributed by atoms with van der Waals surface area (Å²) < 4.78 is 0. The lowest BCUT2D eigenvalue weighted by Gasteiger charge is -2.34. The minimum atomic E-state index is -1.39. The van der Waals surface area contributed by atoms with E-state index in [9.17, 15) is 5.11 Å². The van der Waals surface area contributed by atoms with Gasteiger partial charge in [-0.05, 0) is 19.1 Å². The molecule has 1 saturated heterocycles. The normalized spacial score (nSPS) is 20.6. The molecule has 0 amide bonds. The molecular formula is C20H22N2O. The van der Waals surface area contributed by atoms with Crippen molar-refractivity contribution in [1.82, 2.24) is 5.32 Å². The van der Waals surface area contributed by atoms with E-state index < -0.39 is 5.60 Å². The van der Waals surface area contributed by atoms with E-state index in [-0.39, 0.29) is 0 Å². The molecule has 2 aromatic carbocycles. The van der Waals surface area contributed by atoms with Crippen molar-refractivity contribution in [1.29, 1.82) is 0 Å². The number of nitrogens with zero attached hydrogens (tertiary/aromatic N) is 1. The first kappa shape index (κ1) is 15.6. The van der Waals surface area contributed by atoms with Gasteiger partial charge in [-0.15, -0.1) is 6.42 Å². The summed E-state index contributed by atoms with van der Waals surface area (Å²) in [7, 11) is 0. The molecule has 0 saturated carbocycles. The summed E-state index contributed by atoms with van der Waals surface area (Å²) in [5, 5.41) is 14.4. The third kappa shape index (κ3) is 3.10. The zero-order valence-corrected chi connectivity index (χ0v) is 13.4. The highest BCUT2D eigenvalue weighted by Gasteiger charge is 2.29. The van der Waals surface area contributed by atoms with Crippen molar-refractivity contribution in [2.24, 2.45) is 0 Å². The highest BCUT2D eigenvalue weighted by Crippen LogP contribution is 2.30. The number of benzene rings is 2. The lowest BCUT2D eigenvalue weighted by atomic mass is 9.87. The first-order chi connectivity index (χ1) is 11.1. The fourth-order valence-corrected chi connectivity index (χ4v) is 3.09. The molecule has 1 fully saturated rings. The van der Waals surface area contributed by atoms with Gasteiger partial charge in [-0.1, -0.05) is 48.4 Å². The summed E-state index contributed by atoms with van der Waals surface area (Å²) in [6, 6.07) is 17.8. The predicted molar refractivity (Wildman–Crippen MR) is 94.4 cm³/mol. The highest BCUT2D eigenvalue weighted by atomic mass is 16.3. The summed E-state index contributed by atoms with van der Waals surface area (Å²) in [6.07, 6.45) is 5.65. The fourth-order valence-electron chi connectivity index (χ4n) is 3.09. The second-order valence-corrected chi connectivity index (χ2v) is 6.07. The van der Waals surface area contributed by atoms with E-state index in [4.69, 9.17) is 6.42 Å². The van der Waals surface area contributed by atoms with Gasteiger partial charge in [-0.3, -0.25) is 0 Å². The summed E-state index contributed by atoms with van der Waals surface area (Å²) in [5.74, 6) is 2.55. The first-order valence-corrected chi connectivity index (χ1v) is 7.98. The van der Waals surface area contributed by atoms with E-state index in [0.717, 1.165) is 30.9 Å². The quantitative estimate of drug-likeness (QED) is 0.855. The number of hydrogen-bond donors (Lipinski definition) is 2. The molecule has 2 aromatic rings. The van der Waals surface area contributed by atoms with Crippen LogP contribution in [-0.2, 0) is 5.60 Å². The van der Waals surface area contributed by atoms with Crippen LogP contribution >= 0.6 is 0 Å². The van der Waals surface area contributed by atoms with Crippen molar-refractivity contribution in [2.75, 3.05) is 24.5 Å². The van der Waals surface area contributed by atoms with E-state index in [0.29, 0.717) is 11.6 Å². The van der Waals surface area contributed by atoms with Gasteiger partial charge in [0.25, 0.3) is 0 Å². The zero-order chi connectivity index (χ0) is 16.3. The van der Waals surface area contributed by atoms with Crippen LogP contribution in [0.3, 0.4) is 0 Å². The van der Waals surface area contributed by atoms with Crippen molar-refractivity contribution < 1.29 is 5.11 Å². The maximum absolute atomic E-state index is 10.9. The van der Waals surface area contributed by atoms with Crippen LogP contribution < -0.4 is 10.2 Å². The van der Waals surface area contributed by atoms with Crippen LogP contribution in [0.2, 0.25) is 0 Å². The number of piperazine rings is 1. The molecule has 3 heteroatoms. The Hall–Kier alpha value is -2.28. The van der Waals surface area contributed by atoms with Gasteiger partial charge in [0.05, 0.1) is 0 Å². The van der Waals surface area contributed by atoms with Gasteiger partial charge < -0.3 is 15.3 Å². The topological polar surface area (TPSA) is 35.5 Å². The number of terminal acetylenes is 1. The molecule has 3 rings (SSSR count). The molecular weight excluding hydrogens is 284 g/mol. The molecule has 3 nitrogen and oxygen atoms in total. The van der Waals surface area contributed by atoms with E-state index in [2.05, 4.69) is 23.1 Å². The van der Waals surface area contributed by atoms with Gasteiger partial charge >= 0.3 is 0 Å². The monoisotopic (exact) mass is 306 g/mol. The average Bonchev–Trinajstić information content (AvgIpc) is 2.62. The maximum atomic E-state index is 10.9. The highest BCUT2D eigenvalue weighted by molar-refractivity contribution is 5.52. The number of nitrogens with one attached hydrogen (secondary N) is 1. The minimum absolute atomic E-state index is 0.482. The minimum Gasteiger partial charge on any atom is -0.369 e. The molecule has 118 valence electrons. The van der Waals surface area contributed by atoms with Crippen LogP contribution in [0, 0.1) is 12.3 Å². The van der Waals surface area contributed by atoms with E-state index in [1.807, 2.05) is 54.6 Å². The van der Waals surface area contributed by atoms with Crippen LogP contribution in [0.15, 0.2) is 54.6 Å². The van der Waals surface area contributed by atoms with Crippen molar-refractivity contribution in [3.05, 3.63) is 65.7 Å². The summed E-state index contributed by atoms with van der Waals surface area (Å²) >= 11 is 0. The number of hydrogen-bond acceptors (Lipinski definition) is 3. The largest absolute Gasteiger partial charge is 0.369 e. The summed E-state index contributed by atoms with van der Waals surface area (Å²) in [4.78, 5) is 2.35. The van der Waals surface area contributed by atoms with Gasteiger partial charge in [-0.2, -0.15) is 0 Å². The summed E-state index contributed by atoms with van der Waals surface area (Å²) in [6.45, 7) is 5.15. The van der Waals surface area contributed by atoms with Crippen LogP contribution in [0.1, 0.15) is 18.1 Å². The molecule has 1 aliphatic heterocycles. The van der Waals surface area contributed by atoms with Crippen LogP contribution in [0.4, 0.5) is 5.69 Å². The number of anilines is 1. The second-order valence-electron chi connectivity index (χ2n) is 6.07. The van der Waals surface area contributed by atoms with Crippen LogP contribution in [0.5, 0.6) is 0 Å². The Labute approximate surface area is 138 Å².